The van der Waals surface area contributed by atoms with Crippen LogP contribution in [0.3, 0.4) is 0 Å². The van der Waals surface area contributed by atoms with E-state index in [1.165, 1.54) is 0 Å². The van der Waals surface area contributed by atoms with Crippen molar-refractivity contribution < 1.29 is 14.3 Å². The van der Waals surface area contributed by atoms with Crippen LogP contribution in [-0.4, -0.2) is 12.5 Å². The molecule has 1 heterocycles. The smallest absolute Gasteiger partial charge is 0.262 e. The molecule has 1 aliphatic heterocycles. The lowest BCUT2D eigenvalue weighted by atomic mass is 10.2. The van der Waals surface area contributed by atoms with Crippen LogP contribution in [-0.2, 0) is 4.79 Å². The number of amides is 1. The van der Waals surface area contributed by atoms with Gasteiger partial charge in [0.05, 0.1) is 15.8 Å². The Morgan fingerprint density at radius 2 is 2.10 bits per heavy atom. The van der Waals surface area contributed by atoms with Crippen LogP contribution in [0.15, 0.2) is 34.8 Å². The Hall–Kier alpha value is -2.21. The van der Waals surface area contributed by atoms with Crippen molar-refractivity contribution in [3.05, 3.63) is 40.4 Å². The molecule has 6 heteroatoms. The highest BCUT2D eigenvalue weighted by Crippen LogP contribution is 2.40. The summed E-state index contributed by atoms with van der Waals surface area (Å²) in [5.41, 5.74) is 8.09. The van der Waals surface area contributed by atoms with Crippen LogP contribution in [0.25, 0.3) is 0 Å². The fourth-order valence-electron chi connectivity index (χ4n) is 2.02. The second-order valence-electron chi connectivity index (χ2n) is 4.76. The molecule has 0 bridgehead atoms. The molecule has 0 atom stereocenters. The Morgan fingerprint density at radius 1 is 1.29 bits per heavy atom. The van der Waals surface area contributed by atoms with Gasteiger partial charge in [0.15, 0.2) is 12.4 Å². The van der Waals surface area contributed by atoms with E-state index in [9.17, 15) is 4.79 Å². The number of carbonyl (C=O) groups excluding carboxylic acids is 1. The third-order valence-electron chi connectivity index (χ3n) is 3.05. The van der Waals surface area contributed by atoms with E-state index in [-0.39, 0.29) is 12.5 Å². The third kappa shape index (κ3) is 2.80. The number of fused-ring (bicyclic) bond motifs is 1. The van der Waals surface area contributed by atoms with Gasteiger partial charge in [-0.25, -0.2) is 0 Å². The number of carbonyl (C=O) groups is 1. The van der Waals surface area contributed by atoms with Gasteiger partial charge in [-0.2, -0.15) is 0 Å². The summed E-state index contributed by atoms with van der Waals surface area (Å²) in [6.45, 7) is 1.99. The molecular formula is C15H13BrN2O3. The molecule has 0 saturated carbocycles. The molecule has 2 aromatic rings. The van der Waals surface area contributed by atoms with E-state index in [0.717, 1.165) is 10.0 Å². The van der Waals surface area contributed by atoms with E-state index in [0.29, 0.717) is 28.6 Å². The van der Waals surface area contributed by atoms with Gasteiger partial charge < -0.3 is 20.5 Å². The van der Waals surface area contributed by atoms with E-state index >= 15 is 0 Å². The minimum atomic E-state index is -0.199. The number of ether oxygens (including phenoxy) is 2. The van der Waals surface area contributed by atoms with Crippen LogP contribution in [0.5, 0.6) is 17.2 Å². The molecule has 0 fully saturated rings. The van der Waals surface area contributed by atoms with Gasteiger partial charge >= 0.3 is 0 Å². The molecule has 108 valence electrons. The first kappa shape index (κ1) is 13.8. The zero-order valence-corrected chi connectivity index (χ0v) is 12.9. The van der Waals surface area contributed by atoms with E-state index in [4.69, 9.17) is 15.2 Å². The van der Waals surface area contributed by atoms with Crippen molar-refractivity contribution in [3.8, 4) is 17.2 Å². The quantitative estimate of drug-likeness (QED) is 0.815. The zero-order chi connectivity index (χ0) is 15.0. The van der Waals surface area contributed by atoms with Gasteiger partial charge in [0.25, 0.3) is 5.91 Å². The van der Waals surface area contributed by atoms with Crippen molar-refractivity contribution in [1.29, 1.82) is 0 Å². The van der Waals surface area contributed by atoms with Gasteiger partial charge in [-0.15, -0.1) is 0 Å². The van der Waals surface area contributed by atoms with E-state index < -0.39 is 0 Å². The summed E-state index contributed by atoms with van der Waals surface area (Å²) in [6.07, 6.45) is 0. The van der Waals surface area contributed by atoms with Gasteiger partial charge in [0, 0.05) is 12.1 Å². The van der Waals surface area contributed by atoms with Crippen LogP contribution in [0.2, 0.25) is 0 Å². The summed E-state index contributed by atoms with van der Waals surface area (Å²) in [4.78, 5) is 11.4. The molecule has 0 radical (unpaired) electrons. The molecule has 21 heavy (non-hydrogen) atoms. The van der Waals surface area contributed by atoms with Crippen molar-refractivity contribution in [1.82, 2.24) is 0 Å². The first-order valence-corrected chi connectivity index (χ1v) is 7.12. The Labute approximate surface area is 130 Å². The molecule has 1 aliphatic rings. The molecule has 0 spiro atoms. The molecular weight excluding hydrogens is 336 g/mol. The number of rotatable bonds is 2. The molecule has 1 amide bonds. The second-order valence-corrected chi connectivity index (χ2v) is 5.61. The van der Waals surface area contributed by atoms with Gasteiger partial charge in [0.2, 0.25) is 0 Å². The van der Waals surface area contributed by atoms with Crippen molar-refractivity contribution >= 4 is 33.2 Å². The highest BCUT2D eigenvalue weighted by atomic mass is 79.9. The number of nitrogens with two attached hydrogens (primary N) is 1. The standard InChI is InChI=1S/C15H13BrN2O3/c1-8-2-3-12(9(16)4-8)21-13-6-11-14(5-10(13)17)20-7-15(19)18-11/h2-6H,7,17H2,1H3,(H,18,19). The predicted octanol–water partition coefficient (Wildman–Crippen LogP) is 3.46. The SMILES string of the molecule is Cc1ccc(Oc2cc3c(cc2N)OCC(=O)N3)c(Br)c1. The predicted molar refractivity (Wildman–Crippen MR) is 83.9 cm³/mol. The first-order chi connectivity index (χ1) is 10.0. The number of halogens is 1. The van der Waals surface area contributed by atoms with Crippen molar-refractivity contribution in [2.24, 2.45) is 0 Å². The maximum Gasteiger partial charge on any atom is 0.262 e. The number of benzene rings is 2. The Morgan fingerprint density at radius 3 is 2.86 bits per heavy atom. The topological polar surface area (TPSA) is 73.6 Å². The van der Waals surface area contributed by atoms with Gasteiger partial charge in [-0.05, 0) is 40.5 Å². The van der Waals surface area contributed by atoms with Crippen LogP contribution in [0.1, 0.15) is 5.56 Å². The van der Waals surface area contributed by atoms with E-state index in [1.54, 1.807) is 12.1 Å². The van der Waals surface area contributed by atoms with Crippen LogP contribution in [0.4, 0.5) is 11.4 Å². The Kier molecular flexibility index (Phi) is 3.47. The van der Waals surface area contributed by atoms with E-state index in [2.05, 4.69) is 21.2 Å². The average molecular weight is 349 g/mol. The maximum absolute atomic E-state index is 11.4. The monoisotopic (exact) mass is 348 g/mol. The highest BCUT2D eigenvalue weighted by molar-refractivity contribution is 9.10. The lowest BCUT2D eigenvalue weighted by Crippen LogP contribution is -2.25. The normalized spacial score (nSPS) is 13.1. The minimum Gasteiger partial charge on any atom is -0.481 e. The van der Waals surface area contributed by atoms with E-state index in [1.807, 2.05) is 25.1 Å². The van der Waals surface area contributed by atoms with Gasteiger partial charge in [0.1, 0.15) is 11.5 Å². The second kappa shape index (κ2) is 5.29. The third-order valence-corrected chi connectivity index (χ3v) is 3.67. The summed E-state index contributed by atoms with van der Waals surface area (Å²) in [6, 6.07) is 9.06. The van der Waals surface area contributed by atoms with Crippen LogP contribution in [0, 0.1) is 6.92 Å². The molecule has 2 aromatic carbocycles. The van der Waals surface area contributed by atoms with Crippen LogP contribution >= 0.6 is 15.9 Å². The molecule has 0 saturated heterocycles. The largest absolute Gasteiger partial charge is 0.481 e. The van der Waals surface area contributed by atoms with Crippen molar-refractivity contribution in [2.45, 2.75) is 6.92 Å². The minimum absolute atomic E-state index is 0.00382. The fraction of sp³-hybridized carbons (Fsp3) is 0.133. The number of hydrogen-bond acceptors (Lipinski definition) is 4. The zero-order valence-electron chi connectivity index (χ0n) is 11.3. The summed E-state index contributed by atoms with van der Waals surface area (Å²) in [5, 5.41) is 2.73. The number of nitrogen functional groups attached to an aromatic ring is 1. The lowest BCUT2D eigenvalue weighted by Gasteiger charge is -2.20. The highest BCUT2D eigenvalue weighted by Gasteiger charge is 2.19. The van der Waals surface area contributed by atoms with Crippen molar-refractivity contribution in [3.63, 3.8) is 0 Å². The fourth-order valence-corrected chi connectivity index (χ4v) is 2.59. The van der Waals surface area contributed by atoms with Gasteiger partial charge in [-0.1, -0.05) is 6.07 Å². The Bertz CT molecular complexity index is 731. The number of hydrogen-bond donors (Lipinski definition) is 2. The molecule has 3 N–H and O–H groups in total. The summed E-state index contributed by atoms with van der Waals surface area (Å²) in [5.74, 6) is 1.46. The molecule has 0 unspecified atom stereocenters. The lowest BCUT2D eigenvalue weighted by molar-refractivity contribution is -0.118. The summed E-state index contributed by atoms with van der Waals surface area (Å²) in [7, 11) is 0. The van der Waals surface area contributed by atoms with Crippen LogP contribution < -0.4 is 20.5 Å². The number of aryl methyl sites for hydroxylation is 1. The van der Waals surface area contributed by atoms with Gasteiger partial charge in [-0.3, -0.25) is 4.79 Å². The van der Waals surface area contributed by atoms with Crippen molar-refractivity contribution in [2.75, 3.05) is 17.7 Å². The first-order valence-electron chi connectivity index (χ1n) is 6.33. The summed E-state index contributed by atoms with van der Waals surface area (Å²) >= 11 is 3.45. The average Bonchev–Trinajstić information content (AvgIpc) is 2.43. The maximum atomic E-state index is 11.4. The number of anilines is 2. The molecule has 5 nitrogen and oxygen atoms in total. The Balaban J connectivity index is 1.95. The molecule has 0 aromatic heterocycles. The summed E-state index contributed by atoms with van der Waals surface area (Å²) < 4.78 is 12.0. The number of nitrogens with one attached hydrogen (secondary N) is 1. The molecule has 0 aliphatic carbocycles. The molecule has 3 rings (SSSR count).